The van der Waals surface area contributed by atoms with Gasteiger partial charge in [-0.1, -0.05) is 0 Å². The largest absolute Gasteiger partial charge is 0.497 e. The Bertz CT molecular complexity index is 385. The summed E-state index contributed by atoms with van der Waals surface area (Å²) in [6.45, 7) is 0. The standard InChI is InChI=1S/C11H13NO3/c1-14-9-5-3-8(4-6-11(12)13)10(7-9)15-2/h3-7H,1-2H3,(H2,12,13). The number of hydrogen-bond donors (Lipinski definition) is 1. The molecule has 0 heterocycles. The van der Waals surface area contributed by atoms with Gasteiger partial charge in [-0.3, -0.25) is 4.79 Å². The average Bonchev–Trinajstić information content (AvgIpc) is 2.25. The van der Waals surface area contributed by atoms with Crippen molar-refractivity contribution >= 4 is 12.0 Å². The second-order valence-electron chi connectivity index (χ2n) is 2.84. The highest BCUT2D eigenvalue weighted by atomic mass is 16.5. The van der Waals surface area contributed by atoms with E-state index >= 15 is 0 Å². The summed E-state index contributed by atoms with van der Waals surface area (Å²) in [6.07, 6.45) is 2.88. The summed E-state index contributed by atoms with van der Waals surface area (Å²) < 4.78 is 10.2. The summed E-state index contributed by atoms with van der Waals surface area (Å²) >= 11 is 0. The number of primary amides is 1. The first kappa shape index (κ1) is 11.1. The zero-order chi connectivity index (χ0) is 11.3. The Hall–Kier alpha value is -1.97. The Kier molecular flexibility index (Phi) is 3.74. The second-order valence-corrected chi connectivity index (χ2v) is 2.84. The third-order valence-corrected chi connectivity index (χ3v) is 1.87. The SMILES string of the molecule is COc1ccc(C=CC(N)=O)c(OC)c1. The van der Waals surface area contributed by atoms with Gasteiger partial charge in [-0.25, -0.2) is 0 Å². The van der Waals surface area contributed by atoms with Crippen LogP contribution in [0, 0.1) is 0 Å². The number of amides is 1. The summed E-state index contributed by atoms with van der Waals surface area (Å²) in [5.74, 6) is 0.836. The van der Waals surface area contributed by atoms with E-state index in [1.54, 1.807) is 38.5 Å². The molecule has 2 N–H and O–H groups in total. The van der Waals surface area contributed by atoms with E-state index in [0.29, 0.717) is 11.5 Å². The molecule has 0 aromatic heterocycles. The first-order valence-electron chi connectivity index (χ1n) is 4.37. The first-order chi connectivity index (χ1) is 7.17. The third-order valence-electron chi connectivity index (χ3n) is 1.87. The van der Waals surface area contributed by atoms with Gasteiger partial charge in [-0.15, -0.1) is 0 Å². The zero-order valence-electron chi connectivity index (χ0n) is 8.69. The number of methoxy groups -OCH3 is 2. The minimum absolute atomic E-state index is 0.493. The normalized spacial score (nSPS) is 10.3. The molecular weight excluding hydrogens is 194 g/mol. The van der Waals surface area contributed by atoms with E-state index < -0.39 is 5.91 Å². The number of ether oxygens (including phenoxy) is 2. The van der Waals surface area contributed by atoms with Crippen molar-refractivity contribution in [3.05, 3.63) is 29.8 Å². The molecule has 4 nitrogen and oxygen atoms in total. The average molecular weight is 207 g/mol. The van der Waals surface area contributed by atoms with Crippen LogP contribution in [0.2, 0.25) is 0 Å². The summed E-state index contributed by atoms with van der Waals surface area (Å²) in [6, 6.07) is 5.31. The van der Waals surface area contributed by atoms with E-state index in [1.807, 2.05) is 0 Å². The molecule has 1 aromatic rings. The number of carbonyl (C=O) groups excluding carboxylic acids is 1. The van der Waals surface area contributed by atoms with Crippen LogP contribution < -0.4 is 15.2 Å². The minimum Gasteiger partial charge on any atom is -0.497 e. The second kappa shape index (κ2) is 5.05. The van der Waals surface area contributed by atoms with E-state index in [9.17, 15) is 4.79 Å². The number of carbonyl (C=O) groups is 1. The van der Waals surface area contributed by atoms with E-state index in [0.717, 1.165) is 5.56 Å². The van der Waals surface area contributed by atoms with Gasteiger partial charge in [0.2, 0.25) is 5.91 Å². The van der Waals surface area contributed by atoms with Gasteiger partial charge in [0.25, 0.3) is 0 Å². The Balaban J connectivity index is 3.02. The molecule has 0 aliphatic carbocycles. The number of benzene rings is 1. The highest BCUT2D eigenvalue weighted by Gasteiger charge is 2.01. The fourth-order valence-corrected chi connectivity index (χ4v) is 1.13. The molecule has 0 bridgehead atoms. The van der Waals surface area contributed by atoms with Crippen molar-refractivity contribution in [3.63, 3.8) is 0 Å². The molecule has 0 unspecified atom stereocenters. The van der Waals surface area contributed by atoms with E-state index in [4.69, 9.17) is 15.2 Å². The Labute approximate surface area is 88.3 Å². The molecule has 0 aliphatic rings. The Morgan fingerprint density at radius 2 is 2.07 bits per heavy atom. The predicted octanol–water partition coefficient (Wildman–Crippen LogP) is 1.20. The minimum atomic E-state index is -0.493. The maximum Gasteiger partial charge on any atom is 0.241 e. The summed E-state index contributed by atoms with van der Waals surface area (Å²) in [5.41, 5.74) is 5.77. The lowest BCUT2D eigenvalue weighted by atomic mass is 10.1. The highest BCUT2D eigenvalue weighted by molar-refractivity contribution is 5.90. The fraction of sp³-hybridized carbons (Fsp3) is 0.182. The number of rotatable bonds is 4. The smallest absolute Gasteiger partial charge is 0.241 e. The highest BCUT2D eigenvalue weighted by Crippen LogP contribution is 2.25. The van der Waals surface area contributed by atoms with Crippen LogP contribution in [-0.2, 0) is 4.79 Å². The van der Waals surface area contributed by atoms with E-state index in [2.05, 4.69) is 0 Å². The molecule has 15 heavy (non-hydrogen) atoms. The predicted molar refractivity (Wildman–Crippen MR) is 57.8 cm³/mol. The van der Waals surface area contributed by atoms with Crippen molar-refractivity contribution in [1.82, 2.24) is 0 Å². The van der Waals surface area contributed by atoms with Crippen molar-refractivity contribution < 1.29 is 14.3 Å². The monoisotopic (exact) mass is 207 g/mol. The molecule has 0 radical (unpaired) electrons. The number of nitrogens with two attached hydrogens (primary N) is 1. The number of hydrogen-bond acceptors (Lipinski definition) is 3. The summed E-state index contributed by atoms with van der Waals surface area (Å²) in [5, 5.41) is 0. The van der Waals surface area contributed by atoms with Gasteiger partial charge in [0.05, 0.1) is 14.2 Å². The Morgan fingerprint density at radius 3 is 2.60 bits per heavy atom. The summed E-state index contributed by atoms with van der Waals surface area (Å²) in [7, 11) is 3.13. The van der Waals surface area contributed by atoms with Gasteiger partial charge in [-0.2, -0.15) is 0 Å². The van der Waals surface area contributed by atoms with Gasteiger partial charge >= 0.3 is 0 Å². The third kappa shape index (κ3) is 3.02. The lowest BCUT2D eigenvalue weighted by Gasteiger charge is -2.06. The lowest BCUT2D eigenvalue weighted by molar-refractivity contribution is -0.113. The molecule has 0 atom stereocenters. The molecular formula is C11H13NO3. The van der Waals surface area contributed by atoms with Crippen LogP contribution in [0.25, 0.3) is 6.08 Å². The molecule has 0 aliphatic heterocycles. The first-order valence-corrected chi connectivity index (χ1v) is 4.37. The fourth-order valence-electron chi connectivity index (χ4n) is 1.13. The van der Waals surface area contributed by atoms with Gasteiger partial charge < -0.3 is 15.2 Å². The van der Waals surface area contributed by atoms with Crippen LogP contribution in [0.5, 0.6) is 11.5 Å². The molecule has 1 amide bonds. The van der Waals surface area contributed by atoms with Gasteiger partial charge in [0.1, 0.15) is 11.5 Å². The zero-order valence-corrected chi connectivity index (χ0v) is 8.69. The van der Waals surface area contributed by atoms with Crippen LogP contribution in [-0.4, -0.2) is 20.1 Å². The molecule has 80 valence electrons. The van der Waals surface area contributed by atoms with Crippen molar-refractivity contribution in [2.24, 2.45) is 5.73 Å². The van der Waals surface area contributed by atoms with Crippen molar-refractivity contribution in [2.75, 3.05) is 14.2 Å². The van der Waals surface area contributed by atoms with Crippen molar-refractivity contribution in [2.45, 2.75) is 0 Å². The molecule has 0 saturated carbocycles. The van der Waals surface area contributed by atoms with Crippen molar-refractivity contribution in [3.8, 4) is 11.5 Å². The van der Waals surface area contributed by atoms with Crippen LogP contribution in [0.15, 0.2) is 24.3 Å². The molecule has 0 spiro atoms. The van der Waals surface area contributed by atoms with Crippen molar-refractivity contribution in [1.29, 1.82) is 0 Å². The molecule has 0 fully saturated rings. The molecule has 4 heteroatoms. The van der Waals surface area contributed by atoms with Crippen LogP contribution in [0.3, 0.4) is 0 Å². The van der Waals surface area contributed by atoms with Crippen LogP contribution in [0.1, 0.15) is 5.56 Å². The topological polar surface area (TPSA) is 61.5 Å². The summed E-state index contributed by atoms with van der Waals surface area (Å²) in [4.78, 5) is 10.6. The Morgan fingerprint density at radius 1 is 1.33 bits per heavy atom. The maximum atomic E-state index is 10.6. The van der Waals surface area contributed by atoms with E-state index in [-0.39, 0.29) is 0 Å². The maximum absolute atomic E-state index is 10.6. The lowest BCUT2D eigenvalue weighted by Crippen LogP contribution is -2.05. The van der Waals surface area contributed by atoms with Gasteiger partial charge in [0.15, 0.2) is 0 Å². The van der Waals surface area contributed by atoms with E-state index in [1.165, 1.54) is 6.08 Å². The van der Waals surface area contributed by atoms with Crippen LogP contribution >= 0.6 is 0 Å². The van der Waals surface area contributed by atoms with Gasteiger partial charge in [0, 0.05) is 17.7 Å². The van der Waals surface area contributed by atoms with Crippen LogP contribution in [0.4, 0.5) is 0 Å². The van der Waals surface area contributed by atoms with Gasteiger partial charge in [-0.05, 0) is 18.2 Å². The molecule has 1 aromatic carbocycles. The molecule has 0 saturated heterocycles. The quantitative estimate of drug-likeness (QED) is 0.754. The molecule has 1 rings (SSSR count).